The lowest BCUT2D eigenvalue weighted by molar-refractivity contribution is -0.137. The molecule has 1 aliphatic heterocycles. The van der Waals surface area contributed by atoms with Gasteiger partial charge < -0.3 is 14.5 Å². The van der Waals surface area contributed by atoms with E-state index in [1.54, 1.807) is 17.0 Å². The summed E-state index contributed by atoms with van der Waals surface area (Å²) in [6.45, 7) is 1.70. The molecule has 0 N–H and O–H groups in total. The molecule has 2 aromatic carbocycles. The number of alkyl halides is 3. The number of nitrogens with zero attached hydrogens (tertiary/aromatic N) is 4. The molecule has 0 saturated carbocycles. The van der Waals surface area contributed by atoms with Crippen molar-refractivity contribution in [1.82, 2.24) is 15.1 Å². The molecule has 0 spiro atoms. The summed E-state index contributed by atoms with van der Waals surface area (Å²) in [4.78, 5) is 16.1. The van der Waals surface area contributed by atoms with Gasteiger partial charge >= 0.3 is 6.18 Å². The zero-order valence-electron chi connectivity index (χ0n) is 17.4. The highest BCUT2D eigenvalue weighted by Gasteiger charge is 2.30. The predicted molar refractivity (Wildman–Crippen MR) is 118 cm³/mol. The average molecular weight is 477 g/mol. The molecule has 1 fully saturated rings. The van der Waals surface area contributed by atoms with Crippen molar-refractivity contribution >= 4 is 23.3 Å². The lowest BCUT2D eigenvalue weighted by Crippen LogP contribution is -2.50. The van der Waals surface area contributed by atoms with Gasteiger partial charge in [0.1, 0.15) is 5.75 Å². The van der Waals surface area contributed by atoms with Crippen LogP contribution in [0.2, 0.25) is 5.02 Å². The fourth-order valence-corrected chi connectivity index (χ4v) is 3.58. The SMILES string of the molecule is O=C(COc1cccc(C(F)(F)F)c1)N1CCN(c2ccc(-c3ccc(Cl)cc3)nn2)CC1. The van der Waals surface area contributed by atoms with Crippen LogP contribution in [0.25, 0.3) is 11.3 Å². The highest BCUT2D eigenvalue weighted by Crippen LogP contribution is 2.31. The van der Waals surface area contributed by atoms with Crippen molar-refractivity contribution in [2.75, 3.05) is 37.7 Å². The number of carbonyl (C=O) groups excluding carboxylic acids is 1. The minimum absolute atomic E-state index is 0.00728. The molecule has 0 radical (unpaired) electrons. The Morgan fingerprint density at radius 3 is 2.33 bits per heavy atom. The number of hydrogen-bond donors (Lipinski definition) is 0. The summed E-state index contributed by atoms with van der Waals surface area (Å²) in [7, 11) is 0. The number of rotatable bonds is 5. The largest absolute Gasteiger partial charge is 0.484 e. The molecule has 1 aromatic heterocycles. The second kappa shape index (κ2) is 9.66. The summed E-state index contributed by atoms with van der Waals surface area (Å²) in [5, 5.41) is 9.23. The van der Waals surface area contributed by atoms with Crippen LogP contribution in [0, 0.1) is 0 Å². The van der Waals surface area contributed by atoms with Gasteiger partial charge in [0, 0.05) is 36.8 Å². The first kappa shape index (κ1) is 22.8. The number of amides is 1. The Hall–Kier alpha value is -3.33. The van der Waals surface area contributed by atoms with E-state index in [0.29, 0.717) is 37.0 Å². The summed E-state index contributed by atoms with van der Waals surface area (Å²) in [6, 6.07) is 15.6. The Kier molecular flexibility index (Phi) is 6.69. The standard InChI is InChI=1S/C23H20ClF3N4O2/c24-18-6-4-16(5-7-18)20-8-9-21(29-28-20)30-10-12-31(13-11-30)22(32)15-33-19-3-1-2-17(14-19)23(25,26)27/h1-9,14H,10-13,15H2. The minimum atomic E-state index is -4.46. The molecule has 33 heavy (non-hydrogen) atoms. The first-order valence-electron chi connectivity index (χ1n) is 10.2. The topological polar surface area (TPSA) is 58.6 Å². The van der Waals surface area contributed by atoms with E-state index in [1.165, 1.54) is 12.1 Å². The predicted octanol–water partition coefficient (Wildman–Crippen LogP) is 4.54. The van der Waals surface area contributed by atoms with Gasteiger partial charge in [-0.1, -0.05) is 29.8 Å². The molecule has 0 aliphatic carbocycles. The Labute approximate surface area is 193 Å². The fraction of sp³-hybridized carbons (Fsp3) is 0.261. The normalized spacial score (nSPS) is 14.3. The number of benzene rings is 2. The van der Waals surface area contributed by atoms with Crippen LogP contribution >= 0.6 is 11.6 Å². The van der Waals surface area contributed by atoms with Crippen LogP contribution in [0.1, 0.15) is 5.56 Å². The van der Waals surface area contributed by atoms with Crippen LogP contribution in [0.4, 0.5) is 19.0 Å². The Morgan fingerprint density at radius 2 is 1.70 bits per heavy atom. The van der Waals surface area contributed by atoms with Crippen molar-refractivity contribution < 1.29 is 22.7 Å². The molecule has 0 unspecified atom stereocenters. The molecule has 0 bridgehead atoms. The summed E-state index contributed by atoms with van der Waals surface area (Å²) < 4.78 is 43.7. The molecule has 2 heterocycles. The van der Waals surface area contributed by atoms with Gasteiger partial charge in [0.2, 0.25) is 0 Å². The van der Waals surface area contributed by atoms with Gasteiger partial charge in [-0.25, -0.2) is 0 Å². The molecule has 10 heteroatoms. The van der Waals surface area contributed by atoms with Crippen LogP contribution < -0.4 is 9.64 Å². The maximum Gasteiger partial charge on any atom is 0.416 e. The summed E-state index contributed by atoms with van der Waals surface area (Å²) in [5.41, 5.74) is 0.829. The summed E-state index contributed by atoms with van der Waals surface area (Å²) in [6.07, 6.45) is -4.46. The molecular formula is C23H20ClF3N4O2. The number of halogens is 4. The number of aromatic nitrogens is 2. The second-order valence-corrected chi connectivity index (χ2v) is 7.90. The number of piperazine rings is 1. The molecule has 4 rings (SSSR count). The zero-order valence-corrected chi connectivity index (χ0v) is 18.2. The van der Waals surface area contributed by atoms with Gasteiger partial charge in [-0.2, -0.15) is 13.2 Å². The van der Waals surface area contributed by atoms with Crippen molar-refractivity contribution in [3.8, 4) is 17.0 Å². The smallest absolute Gasteiger partial charge is 0.416 e. The van der Waals surface area contributed by atoms with Crippen molar-refractivity contribution in [2.45, 2.75) is 6.18 Å². The van der Waals surface area contributed by atoms with E-state index in [-0.39, 0.29) is 18.3 Å². The third-order valence-electron chi connectivity index (χ3n) is 5.27. The van der Waals surface area contributed by atoms with Gasteiger partial charge in [-0.05, 0) is 42.5 Å². The van der Waals surface area contributed by atoms with Crippen LogP contribution in [0.5, 0.6) is 5.75 Å². The average Bonchev–Trinajstić information content (AvgIpc) is 2.83. The van der Waals surface area contributed by atoms with Gasteiger partial charge in [0.25, 0.3) is 5.91 Å². The van der Waals surface area contributed by atoms with Crippen LogP contribution in [-0.2, 0) is 11.0 Å². The molecule has 3 aromatic rings. The molecular weight excluding hydrogens is 457 g/mol. The molecule has 1 amide bonds. The summed E-state index contributed by atoms with van der Waals surface area (Å²) >= 11 is 5.91. The van der Waals surface area contributed by atoms with Gasteiger partial charge in [0.15, 0.2) is 12.4 Å². The van der Waals surface area contributed by atoms with E-state index in [2.05, 4.69) is 10.2 Å². The van der Waals surface area contributed by atoms with Gasteiger partial charge in [-0.3, -0.25) is 4.79 Å². The third-order valence-corrected chi connectivity index (χ3v) is 5.52. The van der Waals surface area contributed by atoms with Crippen molar-refractivity contribution in [3.63, 3.8) is 0 Å². The highest BCUT2D eigenvalue weighted by molar-refractivity contribution is 6.30. The second-order valence-electron chi connectivity index (χ2n) is 7.47. The van der Waals surface area contributed by atoms with Gasteiger partial charge in [-0.15, -0.1) is 10.2 Å². The first-order valence-corrected chi connectivity index (χ1v) is 10.6. The number of anilines is 1. The Morgan fingerprint density at radius 1 is 0.970 bits per heavy atom. The van der Waals surface area contributed by atoms with E-state index < -0.39 is 11.7 Å². The van der Waals surface area contributed by atoms with Crippen molar-refractivity contribution in [1.29, 1.82) is 0 Å². The molecule has 1 aliphatic rings. The Bertz CT molecular complexity index is 1100. The molecule has 1 saturated heterocycles. The van der Waals surface area contributed by atoms with Crippen LogP contribution in [-0.4, -0.2) is 53.8 Å². The number of carbonyl (C=O) groups is 1. The minimum Gasteiger partial charge on any atom is -0.484 e. The molecule has 6 nitrogen and oxygen atoms in total. The first-order chi connectivity index (χ1) is 15.8. The lowest BCUT2D eigenvalue weighted by Gasteiger charge is -2.35. The quantitative estimate of drug-likeness (QED) is 0.541. The maximum absolute atomic E-state index is 12.8. The number of ether oxygens (including phenoxy) is 1. The molecule has 0 atom stereocenters. The van der Waals surface area contributed by atoms with Crippen molar-refractivity contribution in [3.05, 3.63) is 71.2 Å². The molecule has 172 valence electrons. The van der Waals surface area contributed by atoms with E-state index >= 15 is 0 Å². The van der Waals surface area contributed by atoms with Crippen LogP contribution in [0.3, 0.4) is 0 Å². The fourth-order valence-electron chi connectivity index (χ4n) is 3.45. The lowest BCUT2D eigenvalue weighted by atomic mass is 10.1. The highest BCUT2D eigenvalue weighted by atomic mass is 35.5. The van der Waals surface area contributed by atoms with E-state index in [0.717, 1.165) is 23.4 Å². The van der Waals surface area contributed by atoms with E-state index in [4.69, 9.17) is 16.3 Å². The van der Waals surface area contributed by atoms with Crippen molar-refractivity contribution in [2.24, 2.45) is 0 Å². The monoisotopic (exact) mass is 476 g/mol. The Balaban J connectivity index is 1.29. The third kappa shape index (κ3) is 5.73. The van der Waals surface area contributed by atoms with Gasteiger partial charge in [0.05, 0.1) is 11.3 Å². The van der Waals surface area contributed by atoms with E-state index in [1.807, 2.05) is 29.2 Å². The number of hydrogen-bond acceptors (Lipinski definition) is 5. The zero-order chi connectivity index (χ0) is 23.4. The summed E-state index contributed by atoms with van der Waals surface area (Å²) in [5.74, 6) is 0.434. The van der Waals surface area contributed by atoms with E-state index in [9.17, 15) is 18.0 Å². The maximum atomic E-state index is 12.8. The van der Waals surface area contributed by atoms with Crippen LogP contribution in [0.15, 0.2) is 60.7 Å².